The molecule has 0 N–H and O–H groups in total. The van der Waals surface area contributed by atoms with Crippen LogP contribution in [0.1, 0.15) is 47.0 Å². The molecule has 0 aromatic carbocycles. The van der Waals surface area contributed by atoms with E-state index in [0.717, 1.165) is 11.1 Å². The molecule has 0 aliphatic carbocycles. The zero-order valence-corrected chi connectivity index (χ0v) is 13.7. The molecule has 0 atom stereocenters. The van der Waals surface area contributed by atoms with Gasteiger partial charge in [0.2, 0.25) is 11.8 Å². The van der Waals surface area contributed by atoms with Gasteiger partial charge in [-0.2, -0.15) is 0 Å². The van der Waals surface area contributed by atoms with Gasteiger partial charge in [-0.05, 0) is 25.3 Å². The van der Waals surface area contributed by atoms with Crippen molar-refractivity contribution in [1.82, 2.24) is 9.80 Å². The van der Waals surface area contributed by atoms with Crippen molar-refractivity contribution in [2.45, 2.75) is 47.0 Å². The Morgan fingerprint density at radius 1 is 1.33 bits per heavy atom. The Morgan fingerprint density at radius 3 is 2.43 bits per heavy atom. The van der Waals surface area contributed by atoms with Crippen LogP contribution in [-0.4, -0.2) is 47.7 Å². The van der Waals surface area contributed by atoms with Gasteiger partial charge in [-0.15, -0.1) is 0 Å². The highest BCUT2D eigenvalue weighted by molar-refractivity contribution is 6.07. The summed E-state index contributed by atoms with van der Waals surface area (Å²) in [6.07, 6.45) is 1.55. The van der Waals surface area contributed by atoms with Gasteiger partial charge in [0.1, 0.15) is 0 Å². The second-order valence-corrected chi connectivity index (χ2v) is 5.92. The maximum absolute atomic E-state index is 12.1. The van der Waals surface area contributed by atoms with Crippen LogP contribution in [0, 0.1) is 5.92 Å². The lowest BCUT2D eigenvalue weighted by atomic mass is 10.1. The van der Waals surface area contributed by atoms with Crippen LogP contribution in [0.2, 0.25) is 0 Å². The summed E-state index contributed by atoms with van der Waals surface area (Å²) in [5.41, 5.74) is 1.75. The lowest BCUT2D eigenvalue weighted by Crippen LogP contribution is -2.35. The third-order valence-corrected chi connectivity index (χ3v) is 3.82. The number of rotatable bonds is 6. The third kappa shape index (κ3) is 4.16. The van der Waals surface area contributed by atoms with Crippen molar-refractivity contribution < 1.29 is 14.4 Å². The minimum absolute atomic E-state index is 0.0372. The van der Waals surface area contributed by atoms with Gasteiger partial charge < -0.3 is 4.90 Å². The number of imide groups is 1. The molecule has 1 aliphatic heterocycles. The molecule has 0 aromatic rings. The van der Waals surface area contributed by atoms with E-state index in [4.69, 9.17) is 0 Å². The predicted octanol–water partition coefficient (Wildman–Crippen LogP) is 1.98. The first kappa shape index (κ1) is 17.4. The molecule has 5 nitrogen and oxygen atoms in total. The molecule has 21 heavy (non-hydrogen) atoms. The largest absolute Gasteiger partial charge is 0.346 e. The molecule has 1 aliphatic rings. The van der Waals surface area contributed by atoms with Gasteiger partial charge in [-0.1, -0.05) is 20.8 Å². The molecule has 0 saturated heterocycles. The summed E-state index contributed by atoms with van der Waals surface area (Å²) in [5, 5.41) is 0. The molecule has 1 rings (SSSR count). The van der Waals surface area contributed by atoms with Crippen LogP contribution >= 0.6 is 0 Å². The summed E-state index contributed by atoms with van der Waals surface area (Å²) in [4.78, 5) is 38.9. The van der Waals surface area contributed by atoms with Crippen molar-refractivity contribution in [2.24, 2.45) is 5.92 Å². The van der Waals surface area contributed by atoms with E-state index in [9.17, 15) is 14.4 Å². The minimum atomic E-state index is -0.147. The van der Waals surface area contributed by atoms with Crippen molar-refractivity contribution in [3.8, 4) is 0 Å². The fourth-order valence-corrected chi connectivity index (χ4v) is 2.56. The second kappa shape index (κ2) is 7.38. The van der Waals surface area contributed by atoms with Crippen LogP contribution in [0.15, 0.2) is 11.1 Å². The van der Waals surface area contributed by atoms with Crippen molar-refractivity contribution in [2.75, 3.05) is 20.1 Å². The summed E-state index contributed by atoms with van der Waals surface area (Å²) in [5.74, 6) is -0.255. The molecule has 0 spiro atoms. The van der Waals surface area contributed by atoms with Crippen LogP contribution in [0.4, 0.5) is 0 Å². The molecule has 0 fully saturated rings. The van der Waals surface area contributed by atoms with Gasteiger partial charge >= 0.3 is 0 Å². The Balaban J connectivity index is 2.43. The topological polar surface area (TPSA) is 57.7 Å². The fraction of sp³-hybridized carbons (Fsp3) is 0.688. The SMILES string of the molecule is CCC1=C(C)CN(C(=O)CCCN(C)C(=O)C(C)C)C1=O. The molecular formula is C16H26N2O3. The number of nitrogens with zero attached hydrogens (tertiary/aromatic N) is 2. The molecule has 118 valence electrons. The van der Waals surface area contributed by atoms with E-state index in [-0.39, 0.29) is 23.6 Å². The normalized spacial score (nSPS) is 15.1. The Morgan fingerprint density at radius 2 is 1.95 bits per heavy atom. The average Bonchev–Trinajstić information content (AvgIpc) is 2.72. The Labute approximate surface area is 127 Å². The first-order chi connectivity index (χ1) is 9.79. The summed E-state index contributed by atoms with van der Waals surface area (Å²) >= 11 is 0. The van der Waals surface area contributed by atoms with Crippen molar-refractivity contribution in [1.29, 1.82) is 0 Å². The standard InChI is InChI=1S/C16H26N2O3/c1-6-13-12(4)10-18(16(13)21)14(19)8-7-9-17(5)15(20)11(2)3/h11H,6-10H2,1-5H3. The molecule has 1 heterocycles. The molecule has 0 aromatic heterocycles. The lowest BCUT2D eigenvalue weighted by Gasteiger charge is -2.20. The van der Waals surface area contributed by atoms with E-state index in [0.29, 0.717) is 32.4 Å². The van der Waals surface area contributed by atoms with Crippen LogP contribution in [0.3, 0.4) is 0 Å². The van der Waals surface area contributed by atoms with Gasteiger partial charge in [0.05, 0.1) is 6.54 Å². The first-order valence-corrected chi connectivity index (χ1v) is 7.57. The predicted molar refractivity (Wildman–Crippen MR) is 81.4 cm³/mol. The van der Waals surface area contributed by atoms with Gasteiger partial charge in [0.15, 0.2) is 0 Å². The molecular weight excluding hydrogens is 268 g/mol. The average molecular weight is 294 g/mol. The number of carbonyl (C=O) groups is 3. The highest BCUT2D eigenvalue weighted by Crippen LogP contribution is 2.22. The molecule has 5 heteroatoms. The van der Waals surface area contributed by atoms with Crippen molar-refractivity contribution in [3.05, 3.63) is 11.1 Å². The molecule has 0 saturated carbocycles. The van der Waals surface area contributed by atoms with E-state index >= 15 is 0 Å². The second-order valence-electron chi connectivity index (χ2n) is 5.92. The van der Waals surface area contributed by atoms with E-state index in [2.05, 4.69) is 0 Å². The van der Waals surface area contributed by atoms with Crippen LogP contribution in [0.5, 0.6) is 0 Å². The quantitative estimate of drug-likeness (QED) is 0.752. The molecule has 0 radical (unpaired) electrons. The number of hydrogen-bond acceptors (Lipinski definition) is 3. The maximum Gasteiger partial charge on any atom is 0.256 e. The van der Waals surface area contributed by atoms with Crippen molar-refractivity contribution in [3.63, 3.8) is 0 Å². The number of carbonyl (C=O) groups excluding carboxylic acids is 3. The summed E-state index contributed by atoms with van der Waals surface area (Å²) < 4.78 is 0. The monoisotopic (exact) mass is 294 g/mol. The van der Waals surface area contributed by atoms with Crippen LogP contribution < -0.4 is 0 Å². The fourth-order valence-electron chi connectivity index (χ4n) is 2.56. The maximum atomic E-state index is 12.1. The molecule has 0 unspecified atom stereocenters. The van der Waals surface area contributed by atoms with Gasteiger partial charge in [0.25, 0.3) is 5.91 Å². The van der Waals surface area contributed by atoms with E-state index in [1.807, 2.05) is 27.7 Å². The smallest absolute Gasteiger partial charge is 0.256 e. The Kier molecular flexibility index (Phi) is 6.12. The minimum Gasteiger partial charge on any atom is -0.346 e. The molecule has 0 bridgehead atoms. The first-order valence-electron chi connectivity index (χ1n) is 7.57. The number of hydrogen-bond donors (Lipinski definition) is 0. The highest BCUT2D eigenvalue weighted by atomic mass is 16.2. The summed E-state index contributed by atoms with van der Waals surface area (Å²) in [6.45, 7) is 8.50. The third-order valence-electron chi connectivity index (χ3n) is 3.82. The Bertz CT molecular complexity index is 466. The zero-order valence-electron chi connectivity index (χ0n) is 13.7. The van der Waals surface area contributed by atoms with Crippen LogP contribution in [0.25, 0.3) is 0 Å². The van der Waals surface area contributed by atoms with Gasteiger partial charge in [0, 0.05) is 31.5 Å². The van der Waals surface area contributed by atoms with Crippen molar-refractivity contribution >= 4 is 17.7 Å². The zero-order chi connectivity index (χ0) is 16.2. The van der Waals surface area contributed by atoms with Gasteiger partial charge in [-0.25, -0.2) is 0 Å². The van der Waals surface area contributed by atoms with E-state index < -0.39 is 0 Å². The lowest BCUT2D eigenvalue weighted by molar-refractivity contribution is -0.141. The van der Waals surface area contributed by atoms with E-state index in [1.54, 1.807) is 11.9 Å². The van der Waals surface area contributed by atoms with Gasteiger partial charge in [-0.3, -0.25) is 19.3 Å². The molecule has 3 amide bonds. The van der Waals surface area contributed by atoms with Crippen LogP contribution in [-0.2, 0) is 14.4 Å². The summed E-state index contributed by atoms with van der Waals surface area (Å²) in [6, 6.07) is 0. The highest BCUT2D eigenvalue weighted by Gasteiger charge is 2.30. The Hall–Kier alpha value is -1.65. The van der Waals surface area contributed by atoms with E-state index in [1.165, 1.54) is 4.90 Å². The number of amides is 3. The summed E-state index contributed by atoms with van der Waals surface area (Å²) in [7, 11) is 1.74.